The Kier molecular flexibility index (Phi) is 9.74. The van der Waals surface area contributed by atoms with Crippen LogP contribution >= 0.6 is 0 Å². The predicted octanol–water partition coefficient (Wildman–Crippen LogP) is 3.44. The number of nitrogens with one attached hydrogen (secondary N) is 1. The number of alkyl carbamates (subject to hydrolysis) is 1. The molecule has 2 aromatic carbocycles. The summed E-state index contributed by atoms with van der Waals surface area (Å²) in [5, 5.41) is 14.4. The number of nitrogens with zero attached hydrogens (tertiary/aromatic N) is 1. The fourth-order valence-corrected chi connectivity index (χ4v) is 8.13. The van der Waals surface area contributed by atoms with Crippen molar-refractivity contribution in [2.45, 2.75) is 62.5 Å². The first-order valence-corrected chi connectivity index (χ1v) is 16.2. The number of carbonyl (C=O) groups is 1. The van der Waals surface area contributed by atoms with Gasteiger partial charge in [-0.25, -0.2) is 13.2 Å². The van der Waals surface area contributed by atoms with Gasteiger partial charge < -0.3 is 29.4 Å². The maximum atomic E-state index is 13.7. The van der Waals surface area contributed by atoms with E-state index in [-0.39, 0.29) is 48.1 Å². The van der Waals surface area contributed by atoms with Crippen LogP contribution in [0.4, 0.5) is 4.79 Å². The van der Waals surface area contributed by atoms with Crippen LogP contribution in [0.15, 0.2) is 59.5 Å². The molecule has 1 amide bonds. The molecule has 0 aromatic heterocycles. The molecule has 2 N–H and O–H groups in total. The number of methoxy groups -OCH3 is 1. The number of sulfonamides is 1. The van der Waals surface area contributed by atoms with Crippen molar-refractivity contribution in [3.05, 3.63) is 60.2 Å². The van der Waals surface area contributed by atoms with Crippen LogP contribution in [0, 0.1) is 23.7 Å². The molecule has 2 heterocycles. The zero-order valence-corrected chi connectivity index (χ0v) is 25.2. The fourth-order valence-electron chi connectivity index (χ4n) is 6.51. The van der Waals surface area contributed by atoms with Crippen molar-refractivity contribution in [2.24, 2.45) is 23.7 Å². The van der Waals surface area contributed by atoms with Gasteiger partial charge in [-0.2, -0.15) is 4.31 Å². The molecule has 230 valence electrons. The average Bonchev–Trinajstić information content (AvgIpc) is 3.57. The molecule has 42 heavy (non-hydrogen) atoms. The third-order valence-corrected chi connectivity index (χ3v) is 10.4. The second kappa shape index (κ2) is 13.3. The molecular weight excluding hydrogens is 560 g/mol. The summed E-state index contributed by atoms with van der Waals surface area (Å²) < 4.78 is 51.3. The Morgan fingerprint density at radius 3 is 2.52 bits per heavy atom. The molecule has 0 spiro atoms. The maximum absolute atomic E-state index is 13.7. The Morgan fingerprint density at radius 2 is 1.83 bits per heavy atom. The molecule has 2 aromatic rings. The van der Waals surface area contributed by atoms with Crippen molar-refractivity contribution in [1.29, 1.82) is 0 Å². The van der Waals surface area contributed by atoms with Crippen molar-refractivity contribution >= 4 is 16.1 Å². The monoisotopic (exact) mass is 602 g/mol. The second-order valence-electron chi connectivity index (χ2n) is 11.9. The van der Waals surface area contributed by atoms with Crippen molar-refractivity contribution in [2.75, 3.05) is 33.4 Å². The first kappa shape index (κ1) is 30.7. The lowest BCUT2D eigenvalue weighted by molar-refractivity contribution is -0.164. The third-order valence-electron chi connectivity index (χ3n) is 8.57. The lowest BCUT2D eigenvalue weighted by atomic mass is 9.87. The highest BCUT2D eigenvalue weighted by atomic mass is 32.2. The van der Waals surface area contributed by atoms with Gasteiger partial charge in [0.05, 0.1) is 37.4 Å². The lowest BCUT2D eigenvalue weighted by Gasteiger charge is -2.31. The highest BCUT2D eigenvalue weighted by molar-refractivity contribution is 7.89. The van der Waals surface area contributed by atoms with Crippen LogP contribution in [0.3, 0.4) is 0 Å². The molecule has 7 atom stereocenters. The van der Waals surface area contributed by atoms with Crippen LogP contribution in [-0.2, 0) is 30.7 Å². The molecule has 1 saturated carbocycles. The summed E-state index contributed by atoms with van der Waals surface area (Å²) in [5.41, 5.74) is 0.895. The summed E-state index contributed by atoms with van der Waals surface area (Å²) in [6.45, 7) is 4.97. The van der Waals surface area contributed by atoms with Gasteiger partial charge in [0.25, 0.3) is 0 Å². The number of hydrogen-bond donors (Lipinski definition) is 2. The van der Waals surface area contributed by atoms with Gasteiger partial charge in [0.1, 0.15) is 11.9 Å². The molecule has 3 aliphatic rings. The van der Waals surface area contributed by atoms with Crippen LogP contribution < -0.4 is 10.1 Å². The summed E-state index contributed by atoms with van der Waals surface area (Å²) in [6.07, 6.45) is -0.369. The molecule has 11 heteroatoms. The Hall–Kier alpha value is -2.70. The van der Waals surface area contributed by atoms with Gasteiger partial charge in [-0.15, -0.1) is 0 Å². The molecule has 3 fully saturated rings. The average molecular weight is 603 g/mol. The van der Waals surface area contributed by atoms with Crippen molar-refractivity contribution < 1.29 is 37.3 Å². The SMILES string of the molecule is COc1ccc(S(=O)(=O)N(CC(C)C)C[C@@H](O)[C@H](Cc2ccccc2)NC(=O)O[C@@H]2C[C@@H]3CCO[C@@H]4OC[C@H]2C34)cc1. The molecule has 0 bridgehead atoms. The van der Waals surface area contributed by atoms with E-state index >= 15 is 0 Å². The van der Waals surface area contributed by atoms with E-state index in [0.29, 0.717) is 31.3 Å². The van der Waals surface area contributed by atoms with Crippen LogP contribution in [0.5, 0.6) is 5.75 Å². The smallest absolute Gasteiger partial charge is 0.407 e. The second-order valence-corrected chi connectivity index (χ2v) is 13.9. The van der Waals surface area contributed by atoms with Crippen molar-refractivity contribution in [3.8, 4) is 5.75 Å². The van der Waals surface area contributed by atoms with Crippen molar-refractivity contribution in [1.82, 2.24) is 9.62 Å². The third kappa shape index (κ3) is 6.92. The topological polar surface area (TPSA) is 124 Å². The summed E-state index contributed by atoms with van der Waals surface area (Å²) in [6, 6.07) is 14.9. The molecule has 2 aliphatic heterocycles. The molecule has 1 unspecified atom stereocenters. The molecule has 2 saturated heterocycles. The quantitative estimate of drug-likeness (QED) is 0.379. The van der Waals surface area contributed by atoms with E-state index in [1.807, 2.05) is 44.2 Å². The van der Waals surface area contributed by atoms with Crippen LogP contribution in [-0.4, -0.2) is 81.9 Å². The highest BCUT2D eigenvalue weighted by Crippen LogP contribution is 2.50. The fraction of sp³-hybridized carbons (Fsp3) is 0.581. The van der Waals surface area contributed by atoms with E-state index < -0.39 is 28.3 Å². The molecule has 0 radical (unpaired) electrons. The van der Waals surface area contributed by atoms with E-state index in [2.05, 4.69) is 5.32 Å². The van der Waals surface area contributed by atoms with Gasteiger partial charge in [0, 0.05) is 24.9 Å². The predicted molar refractivity (Wildman–Crippen MR) is 155 cm³/mol. The van der Waals surface area contributed by atoms with E-state index in [9.17, 15) is 18.3 Å². The van der Waals surface area contributed by atoms with E-state index in [1.165, 1.54) is 23.5 Å². The number of rotatable bonds is 12. The summed E-state index contributed by atoms with van der Waals surface area (Å²) in [5.74, 6) is 1.26. The molecule has 10 nitrogen and oxygen atoms in total. The first-order chi connectivity index (χ1) is 20.2. The summed E-state index contributed by atoms with van der Waals surface area (Å²) in [7, 11) is -2.42. The van der Waals surface area contributed by atoms with E-state index in [4.69, 9.17) is 18.9 Å². The van der Waals surface area contributed by atoms with Gasteiger partial charge in [-0.1, -0.05) is 44.2 Å². The Balaban J connectivity index is 1.31. The van der Waals surface area contributed by atoms with Crippen molar-refractivity contribution in [3.63, 3.8) is 0 Å². The highest BCUT2D eigenvalue weighted by Gasteiger charge is 2.55. The van der Waals surface area contributed by atoms with Gasteiger partial charge in [0.15, 0.2) is 6.29 Å². The number of amides is 1. The molecule has 5 rings (SSSR count). The maximum Gasteiger partial charge on any atom is 0.407 e. The van der Waals surface area contributed by atoms with Crippen LogP contribution in [0.2, 0.25) is 0 Å². The lowest BCUT2D eigenvalue weighted by Crippen LogP contribution is -2.51. The number of ether oxygens (including phenoxy) is 4. The Labute approximate surface area is 248 Å². The minimum atomic E-state index is -3.94. The Morgan fingerprint density at radius 1 is 1.10 bits per heavy atom. The van der Waals surface area contributed by atoms with Crippen LogP contribution in [0.1, 0.15) is 32.3 Å². The molecular formula is C31H42N2O8S. The van der Waals surface area contributed by atoms with E-state index in [1.54, 1.807) is 12.1 Å². The standard InChI is InChI=1S/C31H42N2O8S/c1-20(2)17-33(42(36,37)24-11-9-23(38-3)10-12-24)18-27(34)26(15-21-7-5-4-6-8-21)32-31(35)41-28-16-22-13-14-39-30-29(22)25(28)19-40-30/h4-12,20,22,25-30,34H,13-19H2,1-3H3,(H,32,35)/t22-,25+,26-,27+,28+,29?,30+/m0/s1. The zero-order valence-electron chi connectivity index (χ0n) is 24.4. The van der Waals surface area contributed by atoms with Gasteiger partial charge in [-0.3, -0.25) is 0 Å². The summed E-state index contributed by atoms with van der Waals surface area (Å²) in [4.78, 5) is 13.4. The molecule has 1 aliphatic carbocycles. The zero-order chi connectivity index (χ0) is 29.9. The van der Waals surface area contributed by atoms with Gasteiger partial charge >= 0.3 is 6.09 Å². The number of aliphatic hydroxyl groups is 1. The van der Waals surface area contributed by atoms with Gasteiger partial charge in [0.2, 0.25) is 10.0 Å². The normalized spacial score (nSPS) is 26.6. The first-order valence-electron chi connectivity index (χ1n) is 14.7. The van der Waals surface area contributed by atoms with Crippen LogP contribution in [0.25, 0.3) is 0 Å². The number of carbonyl (C=O) groups excluding carboxylic acids is 1. The number of aliphatic hydroxyl groups excluding tert-OH is 1. The summed E-state index contributed by atoms with van der Waals surface area (Å²) >= 11 is 0. The largest absolute Gasteiger partial charge is 0.497 e. The Bertz CT molecular complexity index is 1290. The van der Waals surface area contributed by atoms with Gasteiger partial charge in [-0.05, 0) is 60.9 Å². The minimum Gasteiger partial charge on any atom is -0.497 e. The minimum absolute atomic E-state index is 0.00283. The number of benzene rings is 2. The van der Waals surface area contributed by atoms with E-state index in [0.717, 1.165) is 18.4 Å². The number of hydrogen-bond acceptors (Lipinski definition) is 8.